The molecule has 0 bridgehead atoms. The van der Waals surface area contributed by atoms with Crippen molar-refractivity contribution in [1.29, 1.82) is 0 Å². The van der Waals surface area contributed by atoms with Crippen LogP contribution in [0.25, 0.3) is 0 Å². The van der Waals surface area contributed by atoms with Crippen LogP contribution in [-0.4, -0.2) is 5.97 Å². The number of carbonyl (C=O) groups is 1. The van der Waals surface area contributed by atoms with E-state index in [1.165, 1.54) is 31.8 Å². The molecular formula is C11H17O2-. The Bertz CT molecular complexity index is 206. The molecule has 0 radical (unpaired) electrons. The van der Waals surface area contributed by atoms with Gasteiger partial charge in [-0.25, -0.2) is 0 Å². The summed E-state index contributed by atoms with van der Waals surface area (Å²) in [6, 6.07) is 0. The van der Waals surface area contributed by atoms with Crippen molar-refractivity contribution in [3.63, 3.8) is 0 Å². The van der Waals surface area contributed by atoms with Crippen molar-refractivity contribution in [2.24, 2.45) is 5.92 Å². The van der Waals surface area contributed by atoms with Crippen LogP contribution in [0.5, 0.6) is 0 Å². The molecule has 0 amide bonds. The maximum atomic E-state index is 10.3. The van der Waals surface area contributed by atoms with Crippen molar-refractivity contribution in [1.82, 2.24) is 0 Å². The summed E-state index contributed by atoms with van der Waals surface area (Å²) in [5.74, 6) is -0.486. The largest absolute Gasteiger partial charge is 0.545 e. The van der Waals surface area contributed by atoms with E-state index >= 15 is 0 Å². The Labute approximate surface area is 79.6 Å². The van der Waals surface area contributed by atoms with E-state index in [9.17, 15) is 9.90 Å². The van der Waals surface area contributed by atoms with Crippen LogP contribution in [0.4, 0.5) is 0 Å². The molecule has 1 atom stereocenters. The smallest absolute Gasteiger partial charge is 0.0642 e. The third kappa shape index (κ3) is 3.21. The first kappa shape index (κ1) is 10.3. The highest BCUT2D eigenvalue weighted by atomic mass is 16.4. The number of carboxylic acid groups (broad SMARTS) is 1. The van der Waals surface area contributed by atoms with Crippen molar-refractivity contribution >= 4 is 5.97 Å². The lowest BCUT2D eigenvalue weighted by Gasteiger charge is -2.30. The van der Waals surface area contributed by atoms with Crippen LogP contribution in [-0.2, 0) is 4.79 Å². The maximum Gasteiger partial charge on any atom is 0.0642 e. The summed E-state index contributed by atoms with van der Waals surface area (Å²) in [6.07, 6.45) is 8.30. The third-order valence-corrected chi connectivity index (χ3v) is 2.77. The molecule has 0 aromatic carbocycles. The van der Waals surface area contributed by atoms with Gasteiger partial charge in [0, 0.05) is 0 Å². The van der Waals surface area contributed by atoms with Crippen molar-refractivity contribution in [3.8, 4) is 0 Å². The van der Waals surface area contributed by atoms with E-state index in [-0.39, 0.29) is 0 Å². The van der Waals surface area contributed by atoms with E-state index in [0.29, 0.717) is 5.92 Å². The molecule has 1 aliphatic carbocycles. The zero-order chi connectivity index (χ0) is 9.68. The van der Waals surface area contributed by atoms with Gasteiger partial charge in [-0.15, -0.1) is 0 Å². The Hall–Kier alpha value is -0.790. The van der Waals surface area contributed by atoms with Gasteiger partial charge in [-0.05, 0) is 31.3 Å². The van der Waals surface area contributed by atoms with E-state index in [0.717, 1.165) is 18.4 Å². The zero-order valence-electron chi connectivity index (χ0n) is 8.21. The molecule has 0 aromatic rings. The summed E-state index contributed by atoms with van der Waals surface area (Å²) < 4.78 is 0. The number of unbranched alkanes of at least 4 members (excludes halogenated alkanes) is 2. The number of hydrogen-bond acceptors (Lipinski definition) is 2. The summed E-state index contributed by atoms with van der Waals surface area (Å²) in [7, 11) is 0. The van der Waals surface area contributed by atoms with Gasteiger partial charge in [0.2, 0.25) is 0 Å². The van der Waals surface area contributed by atoms with E-state index in [4.69, 9.17) is 0 Å². The van der Waals surface area contributed by atoms with Crippen LogP contribution < -0.4 is 5.11 Å². The number of allylic oxidation sites excluding steroid dienone is 1. The lowest BCUT2D eigenvalue weighted by atomic mass is 9.76. The predicted molar refractivity (Wildman–Crippen MR) is 50.0 cm³/mol. The zero-order valence-corrected chi connectivity index (χ0v) is 8.21. The van der Waals surface area contributed by atoms with E-state index in [1.54, 1.807) is 0 Å². The topological polar surface area (TPSA) is 40.1 Å². The van der Waals surface area contributed by atoms with Gasteiger partial charge in [0.05, 0.1) is 5.97 Å². The molecule has 0 saturated heterocycles. The molecule has 1 aliphatic rings. The average molecular weight is 181 g/mol. The molecular weight excluding hydrogens is 164 g/mol. The number of aliphatic carboxylic acids is 1. The van der Waals surface area contributed by atoms with Crippen molar-refractivity contribution in [3.05, 3.63) is 11.6 Å². The molecule has 1 saturated carbocycles. The summed E-state index contributed by atoms with van der Waals surface area (Å²) >= 11 is 0. The minimum atomic E-state index is -1.03. The highest BCUT2D eigenvalue weighted by Crippen LogP contribution is 2.36. The van der Waals surface area contributed by atoms with Gasteiger partial charge >= 0.3 is 0 Å². The number of carboxylic acids is 1. The molecule has 1 rings (SSSR count). The molecule has 2 nitrogen and oxygen atoms in total. The molecule has 0 aliphatic heterocycles. The fourth-order valence-electron chi connectivity index (χ4n) is 1.83. The molecule has 0 heterocycles. The summed E-state index contributed by atoms with van der Waals surface area (Å²) in [5.41, 5.74) is 1.09. The molecule has 1 fully saturated rings. The van der Waals surface area contributed by atoms with Gasteiger partial charge in [0.15, 0.2) is 0 Å². The van der Waals surface area contributed by atoms with E-state index in [2.05, 4.69) is 6.92 Å². The number of carbonyl (C=O) groups excluding carboxylic acids is 1. The molecule has 0 aromatic heterocycles. The minimum absolute atomic E-state index is 0.546. The van der Waals surface area contributed by atoms with E-state index in [1.807, 2.05) is 0 Å². The number of hydrogen-bond donors (Lipinski definition) is 0. The van der Waals surface area contributed by atoms with Crippen LogP contribution in [0.3, 0.4) is 0 Å². The average Bonchev–Trinajstić information content (AvgIpc) is 2.06. The second-order valence-corrected chi connectivity index (χ2v) is 3.77. The fraction of sp³-hybridized carbons (Fsp3) is 0.727. The lowest BCUT2D eigenvalue weighted by Crippen LogP contribution is -2.24. The summed E-state index contributed by atoms with van der Waals surface area (Å²) in [5, 5.41) is 10.3. The second kappa shape index (κ2) is 5.05. The Balaban J connectivity index is 2.24. The van der Waals surface area contributed by atoms with Crippen LogP contribution in [0.2, 0.25) is 0 Å². The third-order valence-electron chi connectivity index (χ3n) is 2.77. The van der Waals surface area contributed by atoms with Crippen molar-refractivity contribution < 1.29 is 9.90 Å². The van der Waals surface area contributed by atoms with Gasteiger partial charge in [-0.3, -0.25) is 0 Å². The highest BCUT2D eigenvalue weighted by Gasteiger charge is 2.22. The van der Waals surface area contributed by atoms with Crippen molar-refractivity contribution in [2.75, 3.05) is 0 Å². The van der Waals surface area contributed by atoms with Crippen LogP contribution in [0.1, 0.15) is 45.4 Å². The SMILES string of the molecule is CCCCCC1CC/C1=C/C(=O)[O-]. The number of rotatable bonds is 5. The van der Waals surface area contributed by atoms with Crippen molar-refractivity contribution in [2.45, 2.75) is 45.4 Å². The van der Waals surface area contributed by atoms with E-state index < -0.39 is 5.97 Å². The van der Waals surface area contributed by atoms with Crippen LogP contribution in [0.15, 0.2) is 11.6 Å². The first-order chi connectivity index (χ1) is 6.24. The fourth-order valence-corrected chi connectivity index (χ4v) is 1.83. The molecule has 1 unspecified atom stereocenters. The molecule has 0 N–H and O–H groups in total. The lowest BCUT2D eigenvalue weighted by molar-refractivity contribution is -0.297. The van der Waals surface area contributed by atoms with Gasteiger partial charge < -0.3 is 9.90 Å². The molecule has 74 valence electrons. The van der Waals surface area contributed by atoms with Crippen LogP contribution >= 0.6 is 0 Å². The van der Waals surface area contributed by atoms with Gasteiger partial charge in [-0.1, -0.05) is 31.8 Å². The Morgan fingerprint density at radius 1 is 1.62 bits per heavy atom. The predicted octanol–water partition coefficient (Wildman–Crippen LogP) is 1.65. The Morgan fingerprint density at radius 3 is 2.85 bits per heavy atom. The molecule has 2 heteroatoms. The minimum Gasteiger partial charge on any atom is -0.545 e. The quantitative estimate of drug-likeness (QED) is 0.478. The summed E-state index contributed by atoms with van der Waals surface area (Å²) in [6.45, 7) is 2.18. The second-order valence-electron chi connectivity index (χ2n) is 3.77. The first-order valence-electron chi connectivity index (χ1n) is 5.15. The van der Waals surface area contributed by atoms with Crippen LogP contribution in [0, 0.1) is 5.92 Å². The normalized spacial score (nSPS) is 24.4. The summed E-state index contributed by atoms with van der Waals surface area (Å²) in [4.78, 5) is 10.3. The van der Waals surface area contributed by atoms with Gasteiger partial charge in [-0.2, -0.15) is 0 Å². The first-order valence-corrected chi connectivity index (χ1v) is 5.15. The Morgan fingerprint density at radius 2 is 2.38 bits per heavy atom. The molecule has 13 heavy (non-hydrogen) atoms. The standard InChI is InChI=1S/C11H18O2/c1-2-3-4-5-9-6-7-10(9)8-11(12)13/h8-9H,2-7H2,1H3,(H,12,13)/p-1/b10-8-. The highest BCUT2D eigenvalue weighted by molar-refractivity contribution is 5.79. The van der Waals surface area contributed by atoms with Gasteiger partial charge in [0.1, 0.15) is 0 Å². The van der Waals surface area contributed by atoms with Gasteiger partial charge in [0.25, 0.3) is 0 Å². The Kier molecular flexibility index (Phi) is 4.00. The molecule has 0 spiro atoms. The monoisotopic (exact) mass is 181 g/mol. The maximum absolute atomic E-state index is 10.3.